The van der Waals surface area contributed by atoms with Gasteiger partial charge >= 0.3 is 0 Å². The van der Waals surface area contributed by atoms with Gasteiger partial charge in [0.05, 0.1) is 12.6 Å². The van der Waals surface area contributed by atoms with Gasteiger partial charge in [-0.2, -0.15) is 0 Å². The summed E-state index contributed by atoms with van der Waals surface area (Å²) in [6.07, 6.45) is 2.21. The van der Waals surface area contributed by atoms with E-state index in [2.05, 4.69) is 40.8 Å². The Hall–Kier alpha value is -2.11. The quantitative estimate of drug-likeness (QED) is 0.518. The second kappa shape index (κ2) is 8.28. The Morgan fingerprint density at radius 3 is 2.78 bits per heavy atom. The Bertz CT molecular complexity index is 883. The summed E-state index contributed by atoms with van der Waals surface area (Å²) in [6.45, 7) is 3.42. The third kappa shape index (κ3) is 4.09. The van der Waals surface area contributed by atoms with Crippen molar-refractivity contribution in [3.05, 3.63) is 74.1 Å². The molecule has 4 rings (SSSR count). The Kier molecular flexibility index (Phi) is 5.60. The molecule has 0 N–H and O–H groups in total. The van der Waals surface area contributed by atoms with Crippen LogP contribution in [0.15, 0.2) is 53.2 Å². The van der Waals surface area contributed by atoms with Gasteiger partial charge in [-0.15, -0.1) is 22.7 Å². The van der Waals surface area contributed by atoms with Gasteiger partial charge in [-0.05, 0) is 60.4 Å². The van der Waals surface area contributed by atoms with Crippen molar-refractivity contribution < 1.29 is 9.53 Å². The summed E-state index contributed by atoms with van der Waals surface area (Å²) in [4.78, 5) is 17.7. The molecule has 3 aromatic rings. The number of amides is 1. The van der Waals surface area contributed by atoms with Crippen LogP contribution in [0.3, 0.4) is 0 Å². The van der Waals surface area contributed by atoms with Crippen LogP contribution in [0.25, 0.3) is 0 Å². The lowest BCUT2D eigenvalue weighted by Gasteiger charge is -2.35. The molecule has 3 heterocycles. The lowest BCUT2D eigenvalue weighted by Crippen LogP contribution is -2.39. The van der Waals surface area contributed by atoms with Gasteiger partial charge in [0.2, 0.25) is 5.91 Å². The van der Waals surface area contributed by atoms with Gasteiger partial charge in [0.1, 0.15) is 5.75 Å². The Balaban J connectivity index is 1.38. The second-order valence-electron chi connectivity index (χ2n) is 6.82. The number of aryl methyl sites for hydroxylation is 1. The minimum Gasteiger partial charge on any atom is -0.494 e. The van der Waals surface area contributed by atoms with Crippen molar-refractivity contribution in [2.45, 2.75) is 32.2 Å². The van der Waals surface area contributed by atoms with Crippen LogP contribution in [0.4, 0.5) is 0 Å². The second-order valence-corrected chi connectivity index (χ2v) is 8.80. The van der Waals surface area contributed by atoms with E-state index in [0.717, 1.165) is 25.1 Å². The van der Waals surface area contributed by atoms with Crippen molar-refractivity contribution >= 4 is 28.6 Å². The summed E-state index contributed by atoms with van der Waals surface area (Å²) in [5.74, 6) is 1.09. The number of fused-ring (bicyclic) bond motifs is 1. The van der Waals surface area contributed by atoms with E-state index in [1.54, 1.807) is 22.7 Å². The summed E-state index contributed by atoms with van der Waals surface area (Å²) in [5.41, 5.74) is 2.52. The van der Waals surface area contributed by atoms with Gasteiger partial charge in [0.25, 0.3) is 0 Å². The van der Waals surface area contributed by atoms with Crippen LogP contribution >= 0.6 is 22.7 Å². The molecular weight excluding hydrogens is 374 g/mol. The first kappa shape index (κ1) is 18.3. The molecule has 1 amide bonds. The third-order valence-corrected chi connectivity index (χ3v) is 6.84. The highest BCUT2D eigenvalue weighted by atomic mass is 32.1. The molecule has 0 fully saturated rings. The van der Waals surface area contributed by atoms with Gasteiger partial charge in [-0.1, -0.05) is 23.8 Å². The van der Waals surface area contributed by atoms with Crippen molar-refractivity contribution in [3.8, 4) is 5.75 Å². The largest absolute Gasteiger partial charge is 0.494 e. The van der Waals surface area contributed by atoms with Gasteiger partial charge in [0.15, 0.2) is 0 Å². The first-order valence-electron chi connectivity index (χ1n) is 9.31. The maximum Gasteiger partial charge on any atom is 0.223 e. The molecule has 0 spiro atoms. The fourth-order valence-corrected chi connectivity index (χ4v) is 5.29. The molecule has 1 aliphatic rings. The van der Waals surface area contributed by atoms with Crippen molar-refractivity contribution in [1.29, 1.82) is 0 Å². The van der Waals surface area contributed by atoms with Crippen LogP contribution in [0.1, 0.15) is 39.8 Å². The molecule has 5 heteroatoms. The molecule has 1 aromatic carbocycles. The Morgan fingerprint density at radius 2 is 2.00 bits per heavy atom. The standard InChI is InChI=1S/C22H23NO2S2/c1-16-6-8-17(9-7-16)25-13-2-5-21(24)23-12-10-19-18(11-15-27-19)22(23)20-4-3-14-26-20/h3-4,6-9,11,14-15,22H,2,5,10,12-13H2,1H3. The molecule has 1 aliphatic heterocycles. The molecule has 2 aromatic heterocycles. The topological polar surface area (TPSA) is 29.5 Å². The van der Waals surface area contributed by atoms with Gasteiger partial charge < -0.3 is 9.64 Å². The zero-order valence-electron chi connectivity index (χ0n) is 15.4. The van der Waals surface area contributed by atoms with E-state index in [9.17, 15) is 4.79 Å². The minimum atomic E-state index is 0.0746. The van der Waals surface area contributed by atoms with Crippen molar-refractivity contribution in [2.75, 3.05) is 13.2 Å². The number of ether oxygens (including phenoxy) is 1. The van der Waals surface area contributed by atoms with Crippen molar-refractivity contribution in [2.24, 2.45) is 0 Å². The Labute approximate surface area is 168 Å². The van der Waals surface area contributed by atoms with Crippen LogP contribution in [0.5, 0.6) is 5.75 Å². The highest BCUT2D eigenvalue weighted by Crippen LogP contribution is 2.39. The lowest BCUT2D eigenvalue weighted by molar-refractivity contribution is -0.133. The molecule has 1 unspecified atom stereocenters. The number of rotatable bonds is 6. The molecule has 140 valence electrons. The molecule has 27 heavy (non-hydrogen) atoms. The summed E-state index contributed by atoms with van der Waals surface area (Å²) in [6, 6.07) is 14.5. The van der Waals surface area contributed by atoms with E-state index < -0.39 is 0 Å². The predicted octanol–water partition coefficient (Wildman–Crippen LogP) is 5.45. The number of carbonyl (C=O) groups is 1. The van der Waals surface area contributed by atoms with E-state index in [1.165, 1.54) is 20.9 Å². The van der Waals surface area contributed by atoms with Gasteiger partial charge in [-0.25, -0.2) is 0 Å². The number of hydrogen-bond donors (Lipinski definition) is 0. The SMILES string of the molecule is Cc1ccc(OCCCC(=O)N2CCc3sccc3C2c2cccs2)cc1. The van der Waals surface area contributed by atoms with E-state index in [4.69, 9.17) is 4.74 Å². The first-order chi connectivity index (χ1) is 13.2. The zero-order valence-corrected chi connectivity index (χ0v) is 17.0. The number of hydrogen-bond acceptors (Lipinski definition) is 4. The molecule has 1 atom stereocenters. The fraction of sp³-hybridized carbons (Fsp3) is 0.318. The first-order valence-corrected chi connectivity index (χ1v) is 11.1. The average Bonchev–Trinajstić information content (AvgIpc) is 3.37. The smallest absolute Gasteiger partial charge is 0.223 e. The van der Waals surface area contributed by atoms with E-state index >= 15 is 0 Å². The van der Waals surface area contributed by atoms with Crippen molar-refractivity contribution in [1.82, 2.24) is 4.90 Å². The van der Waals surface area contributed by atoms with Crippen LogP contribution in [-0.2, 0) is 11.2 Å². The summed E-state index contributed by atoms with van der Waals surface area (Å²) >= 11 is 3.54. The summed E-state index contributed by atoms with van der Waals surface area (Å²) < 4.78 is 5.77. The lowest BCUT2D eigenvalue weighted by atomic mass is 9.98. The van der Waals surface area contributed by atoms with Crippen LogP contribution in [-0.4, -0.2) is 24.0 Å². The number of benzene rings is 1. The van der Waals surface area contributed by atoms with Crippen LogP contribution < -0.4 is 4.74 Å². The monoisotopic (exact) mass is 397 g/mol. The highest BCUT2D eigenvalue weighted by Gasteiger charge is 2.32. The van der Waals surface area contributed by atoms with Crippen LogP contribution in [0, 0.1) is 6.92 Å². The van der Waals surface area contributed by atoms with Crippen molar-refractivity contribution in [3.63, 3.8) is 0 Å². The van der Waals surface area contributed by atoms with Gasteiger partial charge in [-0.3, -0.25) is 4.79 Å². The fourth-order valence-electron chi connectivity index (χ4n) is 3.53. The molecule has 0 aliphatic carbocycles. The maximum atomic E-state index is 13.0. The predicted molar refractivity (Wildman–Crippen MR) is 112 cm³/mol. The third-order valence-electron chi connectivity index (χ3n) is 4.92. The maximum absolute atomic E-state index is 13.0. The molecule has 0 saturated carbocycles. The van der Waals surface area contributed by atoms with E-state index in [1.807, 2.05) is 24.3 Å². The molecule has 0 saturated heterocycles. The molecule has 0 bridgehead atoms. The number of nitrogens with zero attached hydrogens (tertiary/aromatic N) is 1. The highest BCUT2D eigenvalue weighted by molar-refractivity contribution is 7.10. The van der Waals surface area contributed by atoms with Gasteiger partial charge in [0, 0.05) is 22.7 Å². The molecule has 3 nitrogen and oxygen atoms in total. The Morgan fingerprint density at radius 1 is 1.15 bits per heavy atom. The summed E-state index contributed by atoms with van der Waals surface area (Å²) in [5, 5.41) is 4.24. The number of thiophene rings is 2. The van der Waals surface area contributed by atoms with E-state index in [0.29, 0.717) is 13.0 Å². The molecular formula is C22H23NO2S2. The van der Waals surface area contributed by atoms with E-state index in [-0.39, 0.29) is 11.9 Å². The summed E-state index contributed by atoms with van der Waals surface area (Å²) in [7, 11) is 0. The average molecular weight is 398 g/mol. The molecule has 0 radical (unpaired) electrons. The zero-order chi connectivity index (χ0) is 18.6. The van der Waals surface area contributed by atoms with Crippen LogP contribution in [0.2, 0.25) is 0 Å². The minimum absolute atomic E-state index is 0.0746. The number of carbonyl (C=O) groups excluding carboxylic acids is 1. The normalized spacial score (nSPS) is 16.2.